The van der Waals surface area contributed by atoms with E-state index in [0.29, 0.717) is 0 Å². The van der Waals surface area contributed by atoms with Gasteiger partial charge in [0, 0.05) is 10.4 Å². The van der Waals surface area contributed by atoms with Crippen molar-refractivity contribution in [3.8, 4) is 0 Å². The average molecular weight is 354 g/mol. The molecule has 6 heteroatoms. The Balaban J connectivity index is -0.000000639. The Labute approximate surface area is 146 Å². The van der Waals surface area contributed by atoms with Gasteiger partial charge in [-0.2, -0.15) is 0 Å². The Bertz CT molecular complexity index is 340. The first-order valence-electron chi connectivity index (χ1n) is 9.11. The number of unbranched alkanes of at least 4 members (excludes halogenated alkanes) is 9. The first-order chi connectivity index (χ1) is 10.6. The second kappa shape index (κ2) is 15.4. The average Bonchev–Trinajstić information content (AvgIpc) is 2.41. The van der Waals surface area contributed by atoms with Crippen LogP contribution in [0.1, 0.15) is 85.9 Å². The third-order valence-electron chi connectivity index (χ3n) is 3.98. The van der Waals surface area contributed by atoms with Gasteiger partial charge in [0.2, 0.25) is 0 Å². The third-order valence-corrected chi connectivity index (χ3v) is 3.98. The monoisotopic (exact) mass is 353 g/mol. The van der Waals surface area contributed by atoms with Crippen molar-refractivity contribution in [2.24, 2.45) is 0 Å². The number of rotatable bonds is 13. The summed E-state index contributed by atoms with van der Waals surface area (Å²) in [5.74, 6) is 0. The molecule has 0 aromatic rings. The Morgan fingerprint density at radius 3 is 1.30 bits per heavy atom. The molecule has 0 fully saturated rings. The molecule has 0 aromatic heterocycles. The lowest BCUT2D eigenvalue weighted by atomic mass is 10.1. The van der Waals surface area contributed by atoms with Gasteiger partial charge < -0.3 is 13.6 Å². The quantitative estimate of drug-likeness (QED) is 0.215. The Kier molecular flexibility index (Phi) is 16.7. The first-order valence-corrected chi connectivity index (χ1v) is 10.4. The van der Waals surface area contributed by atoms with Crippen molar-refractivity contribution in [1.29, 1.82) is 0 Å². The Morgan fingerprint density at radius 2 is 0.957 bits per heavy atom. The highest BCUT2D eigenvalue weighted by Gasteiger charge is 2.13. The van der Waals surface area contributed by atoms with Crippen molar-refractivity contribution >= 4 is 10.4 Å². The van der Waals surface area contributed by atoms with Gasteiger partial charge in [-0.15, -0.1) is 0 Å². The first kappa shape index (κ1) is 25.1. The molecule has 0 saturated heterocycles. The zero-order chi connectivity index (χ0) is 18.2. The number of nitrogens with zero attached hydrogens (tertiary/aromatic N) is 1. The molecule has 0 aliphatic rings. The number of hydrogen-bond acceptors (Lipinski definition) is 4. The maximum absolute atomic E-state index is 8.52. The minimum Gasteiger partial charge on any atom is -0.759 e. The van der Waals surface area contributed by atoms with Gasteiger partial charge in [-0.05, 0) is 25.7 Å². The fourth-order valence-corrected chi connectivity index (χ4v) is 2.58. The molecule has 0 atom stereocenters. The Hall–Kier alpha value is -0.170. The summed E-state index contributed by atoms with van der Waals surface area (Å²) in [6.07, 6.45) is 15.6. The van der Waals surface area contributed by atoms with Crippen molar-refractivity contribution < 1.29 is 23.4 Å². The van der Waals surface area contributed by atoms with Crippen LogP contribution in [0.3, 0.4) is 0 Å². The molecule has 0 radical (unpaired) electrons. The van der Waals surface area contributed by atoms with Crippen molar-refractivity contribution in [2.75, 3.05) is 27.2 Å². The molecular formula is C17H39NO4S. The van der Waals surface area contributed by atoms with Gasteiger partial charge in [0.05, 0.1) is 27.2 Å². The molecule has 5 nitrogen and oxygen atoms in total. The molecule has 0 aliphatic heterocycles. The van der Waals surface area contributed by atoms with Crippen LogP contribution in [0.4, 0.5) is 0 Å². The van der Waals surface area contributed by atoms with E-state index in [-0.39, 0.29) is 1.43 Å². The highest BCUT2D eigenvalue weighted by Crippen LogP contribution is 2.11. The van der Waals surface area contributed by atoms with E-state index >= 15 is 0 Å². The molecule has 0 unspecified atom stereocenters. The van der Waals surface area contributed by atoms with E-state index in [9.17, 15) is 0 Å². The molecular weight excluding hydrogens is 314 g/mol. The van der Waals surface area contributed by atoms with Gasteiger partial charge in [0.15, 0.2) is 0 Å². The molecule has 0 spiro atoms. The van der Waals surface area contributed by atoms with E-state index < -0.39 is 10.4 Å². The molecule has 0 saturated carbocycles. The van der Waals surface area contributed by atoms with Crippen LogP contribution in [0.5, 0.6) is 0 Å². The van der Waals surface area contributed by atoms with Crippen molar-refractivity contribution in [3.63, 3.8) is 0 Å². The summed E-state index contributed by atoms with van der Waals surface area (Å²) < 4.78 is 35.3. The highest BCUT2D eigenvalue weighted by atomic mass is 32.3. The van der Waals surface area contributed by atoms with Crippen LogP contribution >= 0.6 is 0 Å². The lowest BCUT2D eigenvalue weighted by Crippen LogP contribution is -2.41. The SMILES string of the molecule is CCCCCCCCC[N+](C)(C)CCCCCC.O=S(=O)([O-])[O-].[H+]. The van der Waals surface area contributed by atoms with Crippen molar-refractivity contribution in [1.82, 2.24) is 0 Å². The van der Waals surface area contributed by atoms with Crippen LogP contribution in [0.2, 0.25) is 0 Å². The molecule has 23 heavy (non-hydrogen) atoms. The molecule has 0 aromatic carbocycles. The maximum Gasteiger partial charge on any atom is 1.00 e. The predicted octanol–water partition coefficient (Wildman–Crippen LogP) is 4.17. The van der Waals surface area contributed by atoms with Crippen LogP contribution in [0, 0.1) is 0 Å². The molecule has 0 aliphatic carbocycles. The third kappa shape index (κ3) is 30.3. The normalized spacial score (nSPS) is 11.9. The van der Waals surface area contributed by atoms with E-state index in [2.05, 4.69) is 27.9 Å². The minimum atomic E-state index is -5.17. The minimum absolute atomic E-state index is 0. The fourth-order valence-electron chi connectivity index (χ4n) is 2.58. The summed E-state index contributed by atoms with van der Waals surface area (Å²) in [6, 6.07) is 0. The Morgan fingerprint density at radius 1 is 0.696 bits per heavy atom. The smallest absolute Gasteiger partial charge is 0.759 e. The van der Waals surface area contributed by atoms with Crippen LogP contribution in [-0.2, 0) is 10.4 Å². The maximum atomic E-state index is 8.52. The van der Waals surface area contributed by atoms with E-state index in [0.717, 1.165) is 0 Å². The zero-order valence-electron chi connectivity index (χ0n) is 16.7. The highest BCUT2D eigenvalue weighted by molar-refractivity contribution is 7.79. The standard InChI is InChI=1S/C17H38N.H2O4S/c1-5-7-9-11-12-13-15-17-18(3,4)16-14-10-8-6-2;1-5(2,3)4/h5-17H2,1-4H3;(H2,1,2,3,4)/q+1;/p-1. The fraction of sp³-hybridized carbons (Fsp3) is 1.00. The van der Waals surface area contributed by atoms with Crippen LogP contribution in [0.25, 0.3) is 0 Å². The summed E-state index contributed by atoms with van der Waals surface area (Å²) in [4.78, 5) is 0. The predicted molar refractivity (Wildman–Crippen MR) is 95.6 cm³/mol. The molecule has 0 N–H and O–H groups in total. The summed E-state index contributed by atoms with van der Waals surface area (Å²) in [7, 11) is -0.355. The molecule has 0 amide bonds. The summed E-state index contributed by atoms with van der Waals surface area (Å²) in [6.45, 7) is 7.33. The zero-order valence-corrected chi connectivity index (χ0v) is 16.5. The van der Waals surface area contributed by atoms with Gasteiger partial charge in [-0.25, -0.2) is 0 Å². The molecule has 0 bridgehead atoms. The van der Waals surface area contributed by atoms with E-state index in [1.54, 1.807) is 0 Å². The van der Waals surface area contributed by atoms with Gasteiger partial charge in [0.25, 0.3) is 0 Å². The summed E-state index contributed by atoms with van der Waals surface area (Å²) >= 11 is 0. The van der Waals surface area contributed by atoms with Gasteiger partial charge >= 0.3 is 1.43 Å². The van der Waals surface area contributed by atoms with Crippen LogP contribution in [-0.4, -0.2) is 49.2 Å². The van der Waals surface area contributed by atoms with Gasteiger partial charge in [0.1, 0.15) is 0 Å². The molecule has 142 valence electrons. The van der Waals surface area contributed by atoms with Crippen molar-refractivity contribution in [2.45, 2.75) is 84.5 Å². The second-order valence-corrected chi connectivity index (χ2v) is 7.79. The van der Waals surface area contributed by atoms with Gasteiger partial charge in [-0.1, -0.05) is 58.8 Å². The van der Waals surface area contributed by atoms with Crippen LogP contribution in [0.15, 0.2) is 0 Å². The number of quaternary nitrogens is 1. The van der Waals surface area contributed by atoms with Crippen LogP contribution < -0.4 is 0 Å². The molecule has 0 rings (SSSR count). The van der Waals surface area contributed by atoms with E-state index in [1.165, 1.54) is 88.2 Å². The van der Waals surface area contributed by atoms with Gasteiger partial charge in [-0.3, -0.25) is 8.42 Å². The number of hydrogen-bond donors (Lipinski definition) is 0. The lowest BCUT2D eigenvalue weighted by Gasteiger charge is -2.30. The second-order valence-electron chi connectivity index (χ2n) is 6.97. The van der Waals surface area contributed by atoms with E-state index in [4.69, 9.17) is 17.5 Å². The lowest BCUT2D eigenvalue weighted by molar-refractivity contribution is -0.890. The summed E-state index contributed by atoms with van der Waals surface area (Å²) in [5.41, 5.74) is 0. The summed E-state index contributed by atoms with van der Waals surface area (Å²) in [5, 5.41) is 0. The topological polar surface area (TPSA) is 80.3 Å². The largest absolute Gasteiger partial charge is 1.00 e. The van der Waals surface area contributed by atoms with E-state index in [1.807, 2.05) is 0 Å². The molecule has 0 heterocycles. The van der Waals surface area contributed by atoms with Crippen molar-refractivity contribution in [3.05, 3.63) is 0 Å².